The summed E-state index contributed by atoms with van der Waals surface area (Å²) in [6.45, 7) is 5.25. The van der Waals surface area contributed by atoms with E-state index in [1.807, 2.05) is 12.5 Å². The van der Waals surface area contributed by atoms with E-state index in [-0.39, 0.29) is 0 Å². The molecule has 2 aliphatic heterocycles. The topological polar surface area (TPSA) is 39.1 Å². The average molecular weight is 249 g/mol. The SMILES string of the molecule is CC(C1CCOC1)n1cncc1C1CCCCN1. The van der Waals surface area contributed by atoms with Crippen LogP contribution in [0.4, 0.5) is 0 Å². The Labute approximate surface area is 109 Å². The molecule has 3 rings (SSSR count). The largest absolute Gasteiger partial charge is 0.381 e. The number of nitrogens with zero attached hydrogens (tertiary/aromatic N) is 2. The molecular formula is C14H23N3O. The molecule has 0 aromatic carbocycles. The van der Waals surface area contributed by atoms with Gasteiger partial charge in [0.1, 0.15) is 0 Å². The first-order valence-electron chi connectivity index (χ1n) is 7.19. The second-order valence-electron chi connectivity index (χ2n) is 5.59. The van der Waals surface area contributed by atoms with Crippen LogP contribution in [0.5, 0.6) is 0 Å². The van der Waals surface area contributed by atoms with Crippen LogP contribution in [0.3, 0.4) is 0 Å². The average Bonchev–Trinajstić information content (AvgIpc) is 3.10. The summed E-state index contributed by atoms with van der Waals surface area (Å²) in [5.41, 5.74) is 1.36. The number of piperidine rings is 1. The second-order valence-corrected chi connectivity index (χ2v) is 5.59. The number of imidazole rings is 1. The van der Waals surface area contributed by atoms with Gasteiger partial charge in [0.25, 0.3) is 0 Å². The fourth-order valence-electron chi connectivity index (χ4n) is 3.19. The van der Waals surface area contributed by atoms with Crippen LogP contribution in [0, 0.1) is 5.92 Å². The highest BCUT2D eigenvalue weighted by molar-refractivity contribution is 5.08. The van der Waals surface area contributed by atoms with Crippen LogP contribution < -0.4 is 5.32 Å². The monoisotopic (exact) mass is 249 g/mol. The maximum absolute atomic E-state index is 5.51. The lowest BCUT2D eigenvalue weighted by Gasteiger charge is -2.28. The van der Waals surface area contributed by atoms with E-state index in [2.05, 4.69) is 21.8 Å². The lowest BCUT2D eigenvalue weighted by atomic mass is 9.98. The molecule has 0 radical (unpaired) electrons. The summed E-state index contributed by atoms with van der Waals surface area (Å²) in [5, 5.41) is 3.62. The van der Waals surface area contributed by atoms with Gasteiger partial charge in [-0.3, -0.25) is 0 Å². The molecular weight excluding hydrogens is 226 g/mol. The molecule has 4 nitrogen and oxygen atoms in total. The van der Waals surface area contributed by atoms with E-state index in [4.69, 9.17) is 4.74 Å². The molecule has 1 aromatic rings. The van der Waals surface area contributed by atoms with Crippen molar-refractivity contribution in [1.82, 2.24) is 14.9 Å². The molecule has 3 heterocycles. The molecule has 1 N–H and O–H groups in total. The molecule has 0 spiro atoms. The van der Waals surface area contributed by atoms with Crippen molar-refractivity contribution < 1.29 is 4.74 Å². The molecule has 3 unspecified atom stereocenters. The Morgan fingerprint density at radius 3 is 3.11 bits per heavy atom. The molecule has 100 valence electrons. The van der Waals surface area contributed by atoms with Crippen molar-refractivity contribution in [3.05, 3.63) is 18.2 Å². The molecule has 4 heteroatoms. The van der Waals surface area contributed by atoms with E-state index >= 15 is 0 Å². The number of ether oxygens (including phenoxy) is 1. The Bertz CT molecular complexity index is 378. The predicted molar refractivity (Wildman–Crippen MR) is 70.5 cm³/mol. The third kappa shape index (κ3) is 2.31. The highest BCUT2D eigenvalue weighted by Gasteiger charge is 2.27. The van der Waals surface area contributed by atoms with Gasteiger partial charge in [-0.25, -0.2) is 4.98 Å². The Morgan fingerprint density at radius 2 is 2.39 bits per heavy atom. The highest BCUT2D eigenvalue weighted by atomic mass is 16.5. The molecule has 2 aliphatic rings. The molecule has 0 bridgehead atoms. The van der Waals surface area contributed by atoms with E-state index in [0.717, 1.165) is 19.8 Å². The summed E-state index contributed by atoms with van der Waals surface area (Å²) in [7, 11) is 0. The molecule has 2 saturated heterocycles. The third-order valence-electron chi connectivity index (χ3n) is 4.45. The lowest BCUT2D eigenvalue weighted by molar-refractivity contribution is 0.174. The zero-order valence-corrected chi connectivity index (χ0v) is 11.1. The smallest absolute Gasteiger partial charge is 0.0951 e. The van der Waals surface area contributed by atoms with Gasteiger partial charge in [-0.1, -0.05) is 6.42 Å². The molecule has 1 aromatic heterocycles. The summed E-state index contributed by atoms with van der Waals surface area (Å²) < 4.78 is 7.88. The maximum Gasteiger partial charge on any atom is 0.0951 e. The van der Waals surface area contributed by atoms with Crippen molar-refractivity contribution in [1.29, 1.82) is 0 Å². The van der Waals surface area contributed by atoms with E-state index in [1.165, 1.54) is 31.4 Å². The van der Waals surface area contributed by atoms with Gasteiger partial charge in [-0.2, -0.15) is 0 Å². The Hall–Kier alpha value is -0.870. The minimum atomic E-state index is 0.492. The first-order valence-corrected chi connectivity index (χ1v) is 7.19. The van der Waals surface area contributed by atoms with E-state index in [1.54, 1.807) is 0 Å². The molecule has 3 atom stereocenters. The first kappa shape index (κ1) is 12.2. The fraction of sp³-hybridized carbons (Fsp3) is 0.786. The van der Waals surface area contributed by atoms with Crippen LogP contribution in [0.2, 0.25) is 0 Å². The van der Waals surface area contributed by atoms with Crippen molar-refractivity contribution in [3.8, 4) is 0 Å². The van der Waals surface area contributed by atoms with Gasteiger partial charge in [0.05, 0.1) is 18.6 Å². The summed E-state index contributed by atoms with van der Waals surface area (Å²) >= 11 is 0. The van der Waals surface area contributed by atoms with Crippen LogP contribution in [0.25, 0.3) is 0 Å². The van der Waals surface area contributed by atoms with Gasteiger partial charge in [0, 0.05) is 30.8 Å². The maximum atomic E-state index is 5.51. The molecule has 0 amide bonds. The van der Waals surface area contributed by atoms with E-state index in [0.29, 0.717) is 18.0 Å². The van der Waals surface area contributed by atoms with Gasteiger partial charge in [0.2, 0.25) is 0 Å². The molecule has 18 heavy (non-hydrogen) atoms. The van der Waals surface area contributed by atoms with Gasteiger partial charge < -0.3 is 14.6 Å². The summed E-state index contributed by atoms with van der Waals surface area (Å²) in [5.74, 6) is 0.640. The zero-order chi connectivity index (χ0) is 12.4. The number of nitrogens with one attached hydrogen (secondary N) is 1. The number of hydrogen-bond acceptors (Lipinski definition) is 3. The Balaban J connectivity index is 1.77. The van der Waals surface area contributed by atoms with Crippen molar-refractivity contribution in [3.63, 3.8) is 0 Å². The minimum Gasteiger partial charge on any atom is -0.381 e. The normalized spacial score (nSPS) is 30.5. The zero-order valence-electron chi connectivity index (χ0n) is 11.1. The highest BCUT2D eigenvalue weighted by Crippen LogP contribution is 2.30. The Kier molecular flexibility index (Phi) is 3.66. The number of hydrogen-bond donors (Lipinski definition) is 1. The van der Waals surface area contributed by atoms with E-state index < -0.39 is 0 Å². The van der Waals surface area contributed by atoms with Gasteiger partial charge in [0.15, 0.2) is 0 Å². The second kappa shape index (κ2) is 5.41. The van der Waals surface area contributed by atoms with Gasteiger partial charge in [-0.05, 0) is 32.7 Å². The number of aromatic nitrogens is 2. The van der Waals surface area contributed by atoms with Crippen molar-refractivity contribution in [2.45, 2.75) is 44.7 Å². The summed E-state index contributed by atoms with van der Waals surface area (Å²) in [6.07, 6.45) is 9.07. The first-order chi connectivity index (χ1) is 8.86. The summed E-state index contributed by atoms with van der Waals surface area (Å²) in [4.78, 5) is 4.37. The third-order valence-corrected chi connectivity index (χ3v) is 4.45. The van der Waals surface area contributed by atoms with Crippen molar-refractivity contribution in [2.75, 3.05) is 19.8 Å². The van der Waals surface area contributed by atoms with Crippen LogP contribution >= 0.6 is 0 Å². The van der Waals surface area contributed by atoms with Crippen molar-refractivity contribution >= 4 is 0 Å². The van der Waals surface area contributed by atoms with Crippen LogP contribution in [-0.4, -0.2) is 29.3 Å². The standard InChI is InChI=1S/C14H23N3O/c1-11(12-5-7-18-9-12)17-10-15-8-14(17)13-4-2-3-6-16-13/h8,10-13,16H,2-7,9H2,1H3. The molecule has 0 saturated carbocycles. The van der Waals surface area contributed by atoms with Crippen molar-refractivity contribution in [2.24, 2.45) is 5.92 Å². The summed E-state index contributed by atoms with van der Waals surface area (Å²) in [6, 6.07) is 0.986. The Morgan fingerprint density at radius 1 is 1.44 bits per heavy atom. The van der Waals surface area contributed by atoms with Gasteiger partial charge in [-0.15, -0.1) is 0 Å². The minimum absolute atomic E-state index is 0.492. The van der Waals surface area contributed by atoms with Gasteiger partial charge >= 0.3 is 0 Å². The lowest BCUT2D eigenvalue weighted by Crippen LogP contribution is -2.30. The fourth-order valence-corrected chi connectivity index (χ4v) is 3.19. The predicted octanol–water partition coefficient (Wildman–Crippen LogP) is 2.30. The van der Waals surface area contributed by atoms with Crippen LogP contribution in [-0.2, 0) is 4.74 Å². The molecule has 2 fully saturated rings. The van der Waals surface area contributed by atoms with E-state index in [9.17, 15) is 0 Å². The number of rotatable bonds is 3. The quantitative estimate of drug-likeness (QED) is 0.893. The molecule has 0 aliphatic carbocycles. The van der Waals surface area contributed by atoms with Crippen LogP contribution in [0.15, 0.2) is 12.5 Å². The van der Waals surface area contributed by atoms with Crippen LogP contribution in [0.1, 0.15) is 50.4 Å².